The quantitative estimate of drug-likeness (QED) is 0.0792. The molecule has 0 unspecified atom stereocenters. The van der Waals surface area contributed by atoms with E-state index in [0.29, 0.717) is 12.8 Å². The molecule has 1 aliphatic heterocycles. The van der Waals surface area contributed by atoms with Gasteiger partial charge < -0.3 is 39.6 Å². The van der Waals surface area contributed by atoms with Gasteiger partial charge in [0.15, 0.2) is 12.4 Å². The molecule has 1 fully saturated rings. The summed E-state index contributed by atoms with van der Waals surface area (Å²) in [6, 6.07) is 0. The molecule has 1 rings (SSSR count). The standard InChI is InChI=1S/C33H61NO10/c1-4-7-10-13-16-19-27(35)34-22-26-30(38)31(39)32(40)33(44-26)42-24-25(43-29(37)21-18-15-12-9-6-3)23-41-28(36)20-17-14-11-8-5-2/h25-26,30-33,38-40H,4-24H2,1-3H3,(H,34,35)/t25-,26-,30-,31+,32-,33-/m1/s1. The normalized spacial score (nSPS) is 22.4. The monoisotopic (exact) mass is 631 g/mol. The molecule has 11 nitrogen and oxygen atoms in total. The number of esters is 2. The van der Waals surface area contributed by atoms with Gasteiger partial charge in [-0.25, -0.2) is 0 Å². The fraction of sp³-hybridized carbons (Fsp3) is 0.909. The van der Waals surface area contributed by atoms with Gasteiger partial charge in [-0.15, -0.1) is 0 Å². The molecular formula is C33H61NO10. The van der Waals surface area contributed by atoms with Gasteiger partial charge in [-0.1, -0.05) is 97.8 Å². The van der Waals surface area contributed by atoms with Gasteiger partial charge in [-0.2, -0.15) is 0 Å². The summed E-state index contributed by atoms with van der Waals surface area (Å²) in [5.41, 5.74) is 0. The molecule has 0 aromatic rings. The zero-order chi connectivity index (χ0) is 32.6. The van der Waals surface area contributed by atoms with Crippen LogP contribution in [0.15, 0.2) is 0 Å². The average molecular weight is 632 g/mol. The molecule has 1 saturated heterocycles. The number of carbonyl (C=O) groups is 3. The first kappa shape index (κ1) is 40.2. The lowest BCUT2D eigenvalue weighted by atomic mass is 9.98. The molecular weight excluding hydrogens is 570 g/mol. The lowest BCUT2D eigenvalue weighted by Crippen LogP contribution is -2.60. The van der Waals surface area contributed by atoms with Crippen molar-refractivity contribution in [1.82, 2.24) is 5.32 Å². The fourth-order valence-electron chi connectivity index (χ4n) is 4.98. The van der Waals surface area contributed by atoms with Crippen molar-refractivity contribution < 1.29 is 48.7 Å². The smallest absolute Gasteiger partial charge is 0.306 e. The fourth-order valence-corrected chi connectivity index (χ4v) is 4.98. The Balaban J connectivity index is 2.67. The molecule has 1 heterocycles. The number of hydrogen-bond acceptors (Lipinski definition) is 10. The second-order valence-electron chi connectivity index (χ2n) is 11.9. The Bertz CT molecular complexity index is 767. The highest BCUT2D eigenvalue weighted by molar-refractivity contribution is 5.75. The molecule has 6 atom stereocenters. The van der Waals surface area contributed by atoms with Gasteiger partial charge in [-0.3, -0.25) is 14.4 Å². The zero-order valence-electron chi connectivity index (χ0n) is 27.5. The number of hydrogen-bond donors (Lipinski definition) is 4. The van der Waals surface area contributed by atoms with Crippen LogP contribution in [0.25, 0.3) is 0 Å². The van der Waals surface area contributed by atoms with E-state index >= 15 is 0 Å². The molecule has 0 radical (unpaired) electrons. The minimum atomic E-state index is -1.59. The van der Waals surface area contributed by atoms with E-state index in [1.165, 1.54) is 0 Å². The van der Waals surface area contributed by atoms with Gasteiger partial charge in [0.2, 0.25) is 5.91 Å². The lowest BCUT2D eigenvalue weighted by molar-refractivity contribution is -0.299. The highest BCUT2D eigenvalue weighted by atomic mass is 16.7. The van der Waals surface area contributed by atoms with E-state index in [2.05, 4.69) is 26.1 Å². The maximum absolute atomic E-state index is 12.5. The SMILES string of the molecule is CCCCCCCC(=O)NC[C@H]1O[C@@H](OC[C@@H](COC(=O)CCCCCCC)OC(=O)CCCCCCC)[C@H](O)[C@@H](O)[C@@H]1O. The Labute approximate surface area is 264 Å². The molecule has 4 N–H and O–H groups in total. The van der Waals surface area contributed by atoms with Gasteiger partial charge in [0.1, 0.15) is 31.0 Å². The summed E-state index contributed by atoms with van der Waals surface area (Å²) in [6.45, 7) is 5.80. The summed E-state index contributed by atoms with van der Waals surface area (Å²) in [6.07, 6.45) is 7.70. The van der Waals surface area contributed by atoms with E-state index < -0.39 is 48.7 Å². The van der Waals surface area contributed by atoms with Crippen molar-refractivity contribution in [3.63, 3.8) is 0 Å². The number of unbranched alkanes of at least 4 members (excludes halogenated alkanes) is 12. The van der Waals surface area contributed by atoms with Crippen LogP contribution < -0.4 is 5.32 Å². The second kappa shape index (κ2) is 25.4. The third-order valence-electron chi connectivity index (χ3n) is 7.82. The first-order valence-corrected chi connectivity index (χ1v) is 17.2. The Morgan fingerprint density at radius 3 is 1.75 bits per heavy atom. The van der Waals surface area contributed by atoms with E-state index in [1.807, 2.05) is 0 Å². The van der Waals surface area contributed by atoms with Crippen LogP contribution in [0.4, 0.5) is 0 Å². The van der Waals surface area contributed by atoms with Gasteiger partial charge in [-0.05, 0) is 19.3 Å². The molecule has 1 amide bonds. The van der Waals surface area contributed by atoms with Crippen molar-refractivity contribution in [3.8, 4) is 0 Å². The summed E-state index contributed by atoms with van der Waals surface area (Å²) in [5.74, 6) is -1.03. The molecule has 258 valence electrons. The Morgan fingerprint density at radius 1 is 0.659 bits per heavy atom. The summed E-state index contributed by atoms with van der Waals surface area (Å²) >= 11 is 0. The van der Waals surface area contributed by atoms with Crippen LogP contribution in [0.3, 0.4) is 0 Å². The van der Waals surface area contributed by atoms with Crippen molar-refractivity contribution in [2.45, 2.75) is 173 Å². The van der Waals surface area contributed by atoms with Gasteiger partial charge in [0.25, 0.3) is 0 Å². The molecule has 0 saturated carbocycles. The van der Waals surface area contributed by atoms with Crippen molar-refractivity contribution in [1.29, 1.82) is 0 Å². The van der Waals surface area contributed by atoms with Crippen LogP contribution in [0.1, 0.15) is 136 Å². The van der Waals surface area contributed by atoms with Crippen LogP contribution in [-0.4, -0.2) is 89.7 Å². The molecule has 0 bridgehead atoms. The third-order valence-corrected chi connectivity index (χ3v) is 7.82. The topological polar surface area (TPSA) is 161 Å². The van der Waals surface area contributed by atoms with E-state index in [-0.39, 0.29) is 38.5 Å². The summed E-state index contributed by atoms with van der Waals surface area (Å²) in [4.78, 5) is 37.1. The minimum Gasteiger partial charge on any atom is -0.462 e. The van der Waals surface area contributed by atoms with Gasteiger partial charge >= 0.3 is 11.9 Å². The number of aliphatic hydroxyl groups is 3. The van der Waals surface area contributed by atoms with Crippen LogP contribution >= 0.6 is 0 Å². The number of carbonyl (C=O) groups excluding carboxylic acids is 3. The first-order chi connectivity index (χ1) is 21.2. The average Bonchev–Trinajstić information content (AvgIpc) is 3.01. The molecule has 0 spiro atoms. The second-order valence-corrected chi connectivity index (χ2v) is 11.9. The number of amides is 1. The molecule has 11 heteroatoms. The van der Waals surface area contributed by atoms with E-state index in [0.717, 1.165) is 89.9 Å². The maximum atomic E-state index is 12.5. The van der Waals surface area contributed by atoms with Gasteiger partial charge in [0.05, 0.1) is 6.61 Å². The summed E-state index contributed by atoms with van der Waals surface area (Å²) in [7, 11) is 0. The minimum absolute atomic E-state index is 0.0785. The number of rotatable bonds is 26. The Morgan fingerprint density at radius 2 is 1.18 bits per heavy atom. The van der Waals surface area contributed by atoms with E-state index in [4.69, 9.17) is 18.9 Å². The van der Waals surface area contributed by atoms with E-state index in [9.17, 15) is 29.7 Å². The Kier molecular flexibility index (Phi) is 23.2. The number of aliphatic hydroxyl groups excluding tert-OH is 3. The van der Waals surface area contributed by atoms with E-state index in [1.54, 1.807) is 0 Å². The molecule has 0 aliphatic carbocycles. The Hall–Kier alpha value is -1.79. The van der Waals surface area contributed by atoms with Crippen LogP contribution in [0.5, 0.6) is 0 Å². The van der Waals surface area contributed by atoms with Crippen LogP contribution in [0.2, 0.25) is 0 Å². The zero-order valence-corrected chi connectivity index (χ0v) is 27.5. The largest absolute Gasteiger partial charge is 0.462 e. The van der Waals surface area contributed by atoms with Gasteiger partial charge in [0, 0.05) is 25.8 Å². The maximum Gasteiger partial charge on any atom is 0.306 e. The highest BCUT2D eigenvalue weighted by Gasteiger charge is 2.44. The van der Waals surface area contributed by atoms with Crippen LogP contribution in [-0.2, 0) is 33.3 Å². The van der Waals surface area contributed by atoms with Crippen molar-refractivity contribution in [3.05, 3.63) is 0 Å². The number of nitrogens with one attached hydrogen (secondary N) is 1. The lowest BCUT2D eigenvalue weighted by Gasteiger charge is -2.40. The van der Waals surface area contributed by atoms with Crippen molar-refractivity contribution in [2.24, 2.45) is 0 Å². The molecule has 0 aromatic heterocycles. The third kappa shape index (κ3) is 18.2. The van der Waals surface area contributed by atoms with Crippen molar-refractivity contribution >= 4 is 17.8 Å². The van der Waals surface area contributed by atoms with Crippen molar-refractivity contribution in [2.75, 3.05) is 19.8 Å². The predicted molar refractivity (Wildman–Crippen MR) is 167 cm³/mol. The molecule has 1 aliphatic rings. The summed E-state index contributed by atoms with van der Waals surface area (Å²) in [5, 5.41) is 34.1. The highest BCUT2D eigenvalue weighted by Crippen LogP contribution is 2.22. The van der Waals surface area contributed by atoms with Crippen LogP contribution in [0, 0.1) is 0 Å². The molecule has 0 aromatic carbocycles. The predicted octanol–water partition coefficient (Wildman–Crippen LogP) is 4.46. The molecule has 44 heavy (non-hydrogen) atoms. The number of ether oxygens (including phenoxy) is 4. The first-order valence-electron chi connectivity index (χ1n) is 17.2. The summed E-state index contributed by atoms with van der Waals surface area (Å²) < 4.78 is 22.4.